The number of carbonyl (C=O) groups is 1. The molecule has 0 N–H and O–H groups in total. The Labute approximate surface area is 143 Å². The molecule has 0 radical (unpaired) electrons. The Morgan fingerprint density at radius 2 is 1.74 bits per heavy atom. The van der Waals surface area contributed by atoms with Crippen LogP contribution in [-0.4, -0.2) is 36.4 Å². The van der Waals surface area contributed by atoms with Crippen molar-refractivity contribution in [3.8, 4) is 0 Å². The second kappa shape index (κ2) is 6.48. The number of halogens is 1. The van der Waals surface area contributed by atoms with Gasteiger partial charge >= 0.3 is 0 Å². The molecule has 1 aliphatic rings. The van der Waals surface area contributed by atoms with Crippen LogP contribution in [0, 0.1) is 0 Å². The van der Waals surface area contributed by atoms with Crippen molar-refractivity contribution in [2.75, 3.05) is 25.8 Å². The van der Waals surface area contributed by atoms with Gasteiger partial charge in [0.1, 0.15) is 0 Å². The molecule has 3 rings (SSSR count). The first-order valence-electron chi connectivity index (χ1n) is 7.35. The van der Waals surface area contributed by atoms with Crippen molar-refractivity contribution in [2.24, 2.45) is 0 Å². The van der Waals surface area contributed by atoms with Gasteiger partial charge in [0.15, 0.2) is 8.37 Å². The van der Waals surface area contributed by atoms with Crippen LogP contribution in [0.4, 0.5) is 5.69 Å². The number of carbonyl (C=O) groups excluding carboxylic acids is 1. The Balaban J connectivity index is 1.99. The zero-order valence-corrected chi connectivity index (χ0v) is 15.1. The highest BCUT2D eigenvalue weighted by atomic mass is 35.5. The van der Waals surface area contributed by atoms with E-state index in [9.17, 15) is 4.79 Å². The first kappa shape index (κ1) is 16.3. The highest BCUT2D eigenvalue weighted by molar-refractivity contribution is 7.55. The molecule has 1 atom stereocenters. The van der Waals surface area contributed by atoms with Crippen LogP contribution in [-0.2, 0) is 6.54 Å². The number of fused-ring (bicyclic) bond motifs is 1. The van der Waals surface area contributed by atoms with Crippen LogP contribution in [0.25, 0.3) is 0 Å². The Morgan fingerprint density at radius 1 is 1.09 bits per heavy atom. The molecule has 0 bridgehead atoms. The third-order valence-electron chi connectivity index (χ3n) is 3.81. The van der Waals surface area contributed by atoms with E-state index in [-0.39, 0.29) is 5.91 Å². The Hall–Kier alpha value is -1.61. The smallest absolute Gasteiger partial charge is 0.261 e. The lowest BCUT2D eigenvalue weighted by molar-refractivity contribution is 0.0850. The van der Waals surface area contributed by atoms with Crippen molar-refractivity contribution in [2.45, 2.75) is 6.54 Å². The molecule has 4 nitrogen and oxygen atoms in total. The van der Waals surface area contributed by atoms with E-state index < -0.39 is 8.37 Å². The van der Waals surface area contributed by atoms with E-state index in [0.717, 1.165) is 16.8 Å². The molecule has 120 valence electrons. The summed E-state index contributed by atoms with van der Waals surface area (Å²) >= 11 is 5.96. The predicted molar refractivity (Wildman–Crippen MR) is 96.8 cm³/mol. The maximum Gasteiger partial charge on any atom is 0.261 e. The minimum Gasteiger partial charge on any atom is -0.324 e. The summed E-state index contributed by atoms with van der Waals surface area (Å²) in [7, 11) is 5.18. The summed E-state index contributed by atoms with van der Waals surface area (Å²) in [6.07, 6.45) is 0. The lowest BCUT2D eigenvalue weighted by Gasteiger charge is -2.45. The van der Waals surface area contributed by atoms with Crippen molar-refractivity contribution in [1.29, 1.82) is 0 Å². The van der Waals surface area contributed by atoms with Crippen molar-refractivity contribution >= 4 is 31.6 Å². The zero-order valence-electron chi connectivity index (χ0n) is 13.4. The molecular formula is C17H19ClN3OP. The molecule has 0 fully saturated rings. The molecule has 0 saturated carbocycles. The summed E-state index contributed by atoms with van der Waals surface area (Å²) in [5.74, 6) is 0.0773. The second-order valence-corrected chi connectivity index (χ2v) is 8.50. The summed E-state index contributed by atoms with van der Waals surface area (Å²) in [6, 6.07) is 15.5. The molecule has 0 spiro atoms. The number of para-hydroxylation sites is 1. The van der Waals surface area contributed by atoms with Crippen LogP contribution in [0.3, 0.4) is 0 Å². The molecule has 0 saturated heterocycles. The van der Waals surface area contributed by atoms with E-state index in [2.05, 4.69) is 9.34 Å². The Bertz CT molecular complexity index is 720. The average Bonchev–Trinajstić information content (AvgIpc) is 2.54. The van der Waals surface area contributed by atoms with Crippen LogP contribution >= 0.6 is 20.0 Å². The van der Waals surface area contributed by atoms with Gasteiger partial charge in [-0.3, -0.25) is 14.1 Å². The molecule has 23 heavy (non-hydrogen) atoms. The van der Waals surface area contributed by atoms with E-state index in [0.29, 0.717) is 11.6 Å². The molecule has 6 heteroatoms. The average molecular weight is 348 g/mol. The number of hydrogen-bond donors (Lipinski definition) is 0. The topological polar surface area (TPSA) is 26.8 Å². The lowest BCUT2D eigenvalue weighted by Crippen LogP contribution is -2.41. The molecule has 2 aromatic rings. The summed E-state index contributed by atoms with van der Waals surface area (Å²) in [5, 5.41) is 0.705. The second-order valence-electron chi connectivity index (χ2n) is 5.65. The zero-order chi connectivity index (χ0) is 16.6. The number of anilines is 1. The number of amides is 1. The predicted octanol–water partition coefficient (Wildman–Crippen LogP) is 4.22. The number of rotatable bonds is 3. The minimum absolute atomic E-state index is 0.0773. The quantitative estimate of drug-likeness (QED) is 0.778. The molecule has 0 aromatic heterocycles. The third-order valence-corrected chi connectivity index (χ3v) is 6.28. The molecule has 1 unspecified atom stereocenters. The maximum atomic E-state index is 13.0. The summed E-state index contributed by atoms with van der Waals surface area (Å²) in [4.78, 5) is 13.0. The highest BCUT2D eigenvalue weighted by Gasteiger charge is 2.37. The van der Waals surface area contributed by atoms with E-state index in [4.69, 9.17) is 11.6 Å². The van der Waals surface area contributed by atoms with Crippen LogP contribution in [0.1, 0.15) is 15.9 Å². The van der Waals surface area contributed by atoms with Gasteiger partial charge in [0, 0.05) is 12.1 Å². The highest BCUT2D eigenvalue weighted by Crippen LogP contribution is 2.53. The Morgan fingerprint density at radius 3 is 2.39 bits per heavy atom. The van der Waals surface area contributed by atoms with Crippen LogP contribution in [0.15, 0.2) is 48.5 Å². The van der Waals surface area contributed by atoms with Crippen LogP contribution < -0.4 is 4.67 Å². The Kier molecular flexibility index (Phi) is 4.58. The minimum atomic E-state index is -0.895. The van der Waals surface area contributed by atoms with Gasteiger partial charge in [0.2, 0.25) is 0 Å². The SMILES string of the molecule is CN(C)P1N(Cc2ccc(Cl)cc2)C(=O)c2ccccc2N1C. The largest absolute Gasteiger partial charge is 0.324 e. The molecule has 1 aliphatic heterocycles. The standard InChI is InChI=1S/C17H19ClN3OP/c1-19(2)23-20(3)16-7-5-4-6-15(16)17(22)21(23)12-13-8-10-14(18)11-9-13/h4-11H,12H2,1-3H3. The van der Waals surface area contributed by atoms with Gasteiger partial charge in [-0.1, -0.05) is 35.9 Å². The van der Waals surface area contributed by atoms with E-state index >= 15 is 0 Å². The summed E-state index contributed by atoms with van der Waals surface area (Å²) < 4.78 is 6.25. The lowest BCUT2D eigenvalue weighted by atomic mass is 10.1. The molecule has 2 aromatic carbocycles. The van der Waals surface area contributed by atoms with Crippen molar-refractivity contribution < 1.29 is 4.79 Å². The van der Waals surface area contributed by atoms with Crippen molar-refractivity contribution in [3.05, 3.63) is 64.7 Å². The number of nitrogens with zero attached hydrogens (tertiary/aromatic N) is 3. The maximum absolute atomic E-state index is 13.0. The number of benzene rings is 2. The number of hydrogen-bond acceptors (Lipinski definition) is 3. The van der Waals surface area contributed by atoms with E-state index in [1.807, 2.05) is 74.3 Å². The van der Waals surface area contributed by atoms with Crippen molar-refractivity contribution in [1.82, 2.24) is 9.34 Å². The molecule has 1 amide bonds. The first-order valence-corrected chi connectivity index (χ1v) is 8.93. The fraction of sp³-hybridized carbons (Fsp3) is 0.235. The van der Waals surface area contributed by atoms with Crippen molar-refractivity contribution in [3.63, 3.8) is 0 Å². The van der Waals surface area contributed by atoms with E-state index in [1.54, 1.807) is 0 Å². The normalized spacial score (nSPS) is 17.6. The fourth-order valence-electron chi connectivity index (χ4n) is 2.80. The summed E-state index contributed by atoms with van der Waals surface area (Å²) in [5.41, 5.74) is 2.82. The third kappa shape index (κ3) is 3.07. The monoisotopic (exact) mass is 347 g/mol. The van der Waals surface area contributed by atoms with Gasteiger partial charge in [0.05, 0.1) is 17.8 Å². The summed E-state index contributed by atoms with van der Waals surface area (Å²) in [6.45, 7) is 0.568. The first-order chi connectivity index (χ1) is 11.0. The van der Waals surface area contributed by atoms with Gasteiger partial charge in [-0.2, -0.15) is 0 Å². The van der Waals surface area contributed by atoms with Gasteiger partial charge in [-0.25, -0.2) is 0 Å². The van der Waals surface area contributed by atoms with Gasteiger partial charge in [-0.05, 0) is 43.9 Å². The van der Waals surface area contributed by atoms with Gasteiger partial charge in [-0.15, -0.1) is 0 Å². The molecular weight excluding hydrogens is 329 g/mol. The van der Waals surface area contributed by atoms with E-state index in [1.165, 1.54) is 0 Å². The van der Waals surface area contributed by atoms with Crippen LogP contribution in [0.5, 0.6) is 0 Å². The van der Waals surface area contributed by atoms with Gasteiger partial charge < -0.3 is 4.67 Å². The molecule has 1 heterocycles. The van der Waals surface area contributed by atoms with Crippen LogP contribution in [0.2, 0.25) is 5.02 Å². The molecule has 0 aliphatic carbocycles. The van der Waals surface area contributed by atoms with Gasteiger partial charge in [0.25, 0.3) is 5.91 Å². The fourth-order valence-corrected chi connectivity index (χ4v) is 5.14.